The zero-order valence-electron chi connectivity index (χ0n) is 14.3. The van der Waals surface area contributed by atoms with Crippen molar-refractivity contribution in [3.63, 3.8) is 0 Å². The van der Waals surface area contributed by atoms with Crippen LogP contribution in [0.2, 0.25) is 0 Å². The van der Waals surface area contributed by atoms with Crippen LogP contribution in [0.25, 0.3) is 22.6 Å². The molecule has 0 amide bonds. The summed E-state index contributed by atoms with van der Waals surface area (Å²) in [6.45, 7) is 0. The van der Waals surface area contributed by atoms with Crippen LogP contribution in [0.5, 0.6) is 0 Å². The quantitative estimate of drug-likeness (QED) is 0.739. The summed E-state index contributed by atoms with van der Waals surface area (Å²) in [7, 11) is 1.76. The molecule has 0 saturated heterocycles. The summed E-state index contributed by atoms with van der Waals surface area (Å²) in [5.74, 6) is 0.641. The van der Waals surface area contributed by atoms with Crippen LogP contribution in [0.3, 0.4) is 0 Å². The number of methoxy groups -OCH3 is 1. The van der Waals surface area contributed by atoms with Crippen LogP contribution in [0, 0.1) is 0 Å². The second kappa shape index (κ2) is 7.16. The maximum atomic E-state index is 6.40. The summed E-state index contributed by atoms with van der Waals surface area (Å²) in [6, 6.07) is 16.1. The smallest absolute Gasteiger partial charge is 0.227 e. The van der Waals surface area contributed by atoms with Crippen molar-refractivity contribution in [3.05, 3.63) is 54.1 Å². The molecule has 1 saturated carbocycles. The number of rotatable bonds is 3. The monoisotopic (exact) mass is 358 g/mol. The van der Waals surface area contributed by atoms with E-state index in [0.29, 0.717) is 5.89 Å². The zero-order valence-corrected chi connectivity index (χ0v) is 15.1. The number of hydrogen-bond donors (Lipinski definition) is 1. The van der Waals surface area contributed by atoms with Gasteiger partial charge in [0, 0.05) is 18.7 Å². The first-order valence-electron chi connectivity index (χ1n) is 8.50. The first kappa shape index (κ1) is 17.9. The lowest BCUT2D eigenvalue weighted by molar-refractivity contribution is -0.0597. The van der Waals surface area contributed by atoms with Crippen LogP contribution in [-0.2, 0) is 10.3 Å². The van der Waals surface area contributed by atoms with Gasteiger partial charge in [0.1, 0.15) is 11.1 Å². The van der Waals surface area contributed by atoms with Gasteiger partial charge >= 0.3 is 0 Å². The van der Waals surface area contributed by atoms with Crippen molar-refractivity contribution >= 4 is 23.5 Å². The lowest BCUT2D eigenvalue weighted by Crippen LogP contribution is -2.49. The van der Waals surface area contributed by atoms with Crippen LogP contribution in [0.1, 0.15) is 31.2 Å². The van der Waals surface area contributed by atoms with E-state index in [1.807, 2.05) is 36.4 Å². The van der Waals surface area contributed by atoms with Gasteiger partial charge in [-0.15, -0.1) is 12.4 Å². The van der Waals surface area contributed by atoms with Gasteiger partial charge < -0.3 is 14.9 Å². The minimum Gasteiger partial charge on any atom is -0.436 e. The van der Waals surface area contributed by atoms with Crippen molar-refractivity contribution < 1.29 is 9.15 Å². The molecular formula is C20H23ClN2O2. The van der Waals surface area contributed by atoms with E-state index in [1.54, 1.807) is 7.11 Å². The maximum Gasteiger partial charge on any atom is 0.227 e. The molecular weight excluding hydrogens is 336 g/mol. The van der Waals surface area contributed by atoms with Crippen molar-refractivity contribution in [2.45, 2.75) is 37.3 Å². The molecule has 1 heterocycles. The normalized spacial score (nSPS) is 23.4. The molecule has 1 aromatic heterocycles. The Kier molecular flexibility index (Phi) is 5.13. The topological polar surface area (TPSA) is 61.3 Å². The number of aromatic nitrogens is 1. The van der Waals surface area contributed by atoms with Crippen LogP contribution >= 0.6 is 12.4 Å². The summed E-state index contributed by atoms with van der Waals surface area (Å²) in [4.78, 5) is 4.55. The predicted octanol–water partition coefficient (Wildman–Crippen LogP) is 4.66. The molecule has 0 bridgehead atoms. The highest BCUT2D eigenvalue weighted by molar-refractivity contribution is 5.85. The van der Waals surface area contributed by atoms with Crippen molar-refractivity contribution in [1.29, 1.82) is 0 Å². The molecule has 2 aromatic carbocycles. The minimum absolute atomic E-state index is 0. The summed E-state index contributed by atoms with van der Waals surface area (Å²) in [5.41, 5.74) is 9.80. The molecule has 0 unspecified atom stereocenters. The van der Waals surface area contributed by atoms with Crippen LogP contribution in [0.15, 0.2) is 52.9 Å². The van der Waals surface area contributed by atoms with Crippen molar-refractivity contribution in [1.82, 2.24) is 4.98 Å². The molecule has 3 aromatic rings. The van der Waals surface area contributed by atoms with Crippen LogP contribution < -0.4 is 5.73 Å². The number of para-hydroxylation sites is 2. The van der Waals surface area contributed by atoms with E-state index in [0.717, 1.165) is 41.5 Å². The SMILES string of the molecule is CO[C@]1(c2ccc(-c3nc4ccccc4o3)cc2)CCCC[C@@H]1N.Cl. The number of halogens is 1. The third-order valence-corrected chi connectivity index (χ3v) is 5.19. The van der Waals surface area contributed by atoms with Gasteiger partial charge in [-0.25, -0.2) is 4.98 Å². The Hall–Kier alpha value is -1.88. The van der Waals surface area contributed by atoms with Gasteiger partial charge in [0.2, 0.25) is 5.89 Å². The maximum absolute atomic E-state index is 6.40. The standard InChI is InChI=1S/C20H22N2O2.ClH/c1-23-20(13-5-4-8-18(20)21)15-11-9-14(10-12-15)19-22-16-6-2-3-7-17(16)24-19;/h2-3,6-7,9-12,18H,4-5,8,13,21H2,1H3;1H/t18-,20-;/m0./s1. The molecule has 132 valence electrons. The fraction of sp³-hybridized carbons (Fsp3) is 0.350. The molecule has 0 radical (unpaired) electrons. The fourth-order valence-corrected chi connectivity index (χ4v) is 3.79. The lowest BCUT2D eigenvalue weighted by atomic mass is 9.76. The van der Waals surface area contributed by atoms with Gasteiger partial charge in [-0.1, -0.05) is 37.1 Å². The van der Waals surface area contributed by atoms with E-state index in [1.165, 1.54) is 6.42 Å². The number of nitrogens with zero attached hydrogens (tertiary/aromatic N) is 1. The van der Waals surface area contributed by atoms with Gasteiger partial charge in [0.15, 0.2) is 5.58 Å². The number of nitrogens with two attached hydrogens (primary N) is 1. The Morgan fingerprint density at radius 3 is 2.56 bits per heavy atom. The van der Waals surface area contributed by atoms with Crippen molar-refractivity contribution in [2.75, 3.05) is 7.11 Å². The molecule has 25 heavy (non-hydrogen) atoms. The fourth-order valence-electron chi connectivity index (χ4n) is 3.79. The number of fused-ring (bicyclic) bond motifs is 1. The first-order valence-corrected chi connectivity index (χ1v) is 8.50. The Morgan fingerprint density at radius 1 is 1.12 bits per heavy atom. The zero-order chi connectivity index (χ0) is 16.6. The lowest BCUT2D eigenvalue weighted by Gasteiger charge is -2.41. The van der Waals surface area contributed by atoms with Crippen LogP contribution in [0.4, 0.5) is 0 Å². The number of hydrogen-bond acceptors (Lipinski definition) is 4. The minimum atomic E-state index is -0.377. The average Bonchev–Trinajstić information content (AvgIpc) is 3.07. The Labute approximate surface area is 153 Å². The second-order valence-electron chi connectivity index (χ2n) is 6.51. The highest BCUT2D eigenvalue weighted by Gasteiger charge is 2.40. The Morgan fingerprint density at radius 2 is 1.88 bits per heavy atom. The third-order valence-electron chi connectivity index (χ3n) is 5.19. The molecule has 1 aliphatic carbocycles. The van der Waals surface area contributed by atoms with E-state index in [-0.39, 0.29) is 24.0 Å². The number of oxazole rings is 1. The largest absolute Gasteiger partial charge is 0.436 e. The molecule has 0 spiro atoms. The molecule has 0 aliphatic heterocycles. The summed E-state index contributed by atoms with van der Waals surface area (Å²) >= 11 is 0. The molecule has 1 aliphatic rings. The van der Waals surface area contributed by atoms with E-state index in [2.05, 4.69) is 17.1 Å². The van der Waals surface area contributed by atoms with E-state index in [4.69, 9.17) is 14.9 Å². The predicted molar refractivity (Wildman–Crippen MR) is 102 cm³/mol. The average molecular weight is 359 g/mol. The molecule has 1 fully saturated rings. The van der Waals surface area contributed by atoms with Gasteiger partial charge in [0.05, 0.1) is 0 Å². The summed E-state index contributed by atoms with van der Waals surface area (Å²) in [5, 5.41) is 0. The molecule has 2 N–H and O–H groups in total. The van der Waals surface area contributed by atoms with E-state index < -0.39 is 0 Å². The first-order chi connectivity index (χ1) is 11.7. The van der Waals surface area contributed by atoms with Gasteiger partial charge in [-0.2, -0.15) is 0 Å². The van der Waals surface area contributed by atoms with Gasteiger partial charge in [-0.3, -0.25) is 0 Å². The Bertz CT molecular complexity index is 813. The van der Waals surface area contributed by atoms with Crippen LogP contribution in [-0.4, -0.2) is 18.1 Å². The summed E-state index contributed by atoms with van der Waals surface area (Å²) < 4.78 is 11.8. The molecule has 4 nitrogen and oxygen atoms in total. The van der Waals surface area contributed by atoms with E-state index in [9.17, 15) is 0 Å². The molecule has 5 heteroatoms. The van der Waals surface area contributed by atoms with E-state index >= 15 is 0 Å². The van der Waals surface area contributed by atoms with Gasteiger partial charge in [0.25, 0.3) is 0 Å². The number of ether oxygens (including phenoxy) is 1. The summed E-state index contributed by atoms with van der Waals surface area (Å²) in [6.07, 6.45) is 4.29. The molecule has 4 rings (SSSR count). The Balaban J connectivity index is 0.00000182. The highest BCUT2D eigenvalue weighted by atomic mass is 35.5. The highest BCUT2D eigenvalue weighted by Crippen LogP contribution is 2.40. The molecule has 2 atom stereocenters. The second-order valence-corrected chi connectivity index (χ2v) is 6.51. The number of benzene rings is 2. The van der Waals surface area contributed by atoms with Gasteiger partial charge in [-0.05, 0) is 42.7 Å². The van der Waals surface area contributed by atoms with Crippen molar-refractivity contribution in [2.24, 2.45) is 5.73 Å². The van der Waals surface area contributed by atoms with Crippen molar-refractivity contribution in [3.8, 4) is 11.5 Å². The third kappa shape index (κ3) is 3.06.